The highest BCUT2D eigenvalue weighted by Crippen LogP contribution is 2.33. The van der Waals surface area contributed by atoms with E-state index in [2.05, 4.69) is 5.10 Å². The van der Waals surface area contributed by atoms with Gasteiger partial charge in [-0.2, -0.15) is 5.10 Å². The molecule has 0 saturated heterocycles. The van der Waals surface area contributed by atoms with Crippen LogP contribution in [-0.4, -0.2) is 30.3 Å². The zero-order valence-electron chi connectivity index (χ0n) is 17.8. The molecule has 1 aliphatic rings. The van der Waals surface area contributed by atoms with Gasteiger partial charge in [-0.3, -0.25) is 4.79 Å². The van der Waals surface area contributed by atoms with Gasteiger partial charge in [0.25, 0.3) is 5.91 Å². The molecule has 0 radical (unpaired) electrons. The van der Waals surface area contributed by atoms with Gasteiger partial charge in [0.1, 0.15) is 28.9 Å². The molecule has 0 spiro atoms. The summed E-state index contributed by atoms with van der Waals surface area (Å²) >= 11 is 0. The van der Waals surface area contributed by atoms with Gasteiger partial charge in [-0.05, 0) is 60.2 Å². The fourth-order valence-electron chi connectivity index (χ4n) is 3.74. The van der Waals surface area contributed by atoms with Crippen LogP contribution in [0.5, 0.6) is 11.5 Å². The Labute approximate surface area is 188 Å². The number of fused-ring (bicyclic) bond motifs is 1. The number of amides is 1. The SMILES string of the molecule is COc1ccc(C2=NN(C(=O)COc3ccc4ccc(=O)oc4c3)C(c3ccco3)C2)cc1. The normalized spacial score (nSPS) is 15.5. The molecular formula is C25H20N2O6. The molecule has 33 heavy (non-hydrogen) atoms. The quantitative estimate of drug-likeness (QED) is 0.415. The highest BCUT2D eigenvalue weighted by atomic mass is 16.5. The Hall–Kier alpha value is -4.33. The number of hydrazone groups is 1. The largest absolute Gasteiger partial charge is 0.497 e. The number of furan rings is 1. The van der Waals surface area contributed by atoms with Gasteiger partial charge in [-0.15, -0.1) is 0 Å². The number of hydrogen-bond acceptors (Lipinski definition) is 7. The Morgan fingerprint density at radius 3 is 2.64 bits per heavy atom. The molecule has 2 aromatic heterocycles. The fourth-order valence-corrected chi connectivity index (χ4v) is 3.74. The summed E-state index contributed by atoms with van der Waals surface area (Å²) in [4.78, 5) is 24.5. The summed E-state index contributed by atoms with van der Waals surface area (Å²) in [5, 5.41) is 6.75. The summed E-state index contributed by atoms with van der Waals surface area (Å²) in [6.45, 7) is -0.237. The summed E-state index contributed by atoms with van der Waals surface area (Å²) in [5.74, 6) is 1.48. The van der Waals surface area contributed by atoms with Crippen LogP contribution in [0, 0.1) is 0 Å². The number of nitrogens with zero attached hydrogens (tertiary/aromatic N) is 2. The third-order valence-corrected chi connectivity index (χ3v) is 5.42. The van der Waals surface area contributed by atoms with Gasteiger partial charge in [0.15, 0.2) is 6.61 Å². The molecule has 1 atom stereocenters. The lowest BCUT2D eigenvalue weighted by molar-refractivity contribution is -0.135. The van der Waals surface area contributed by atoms with E-state index in [0.29, 0.717) is 23.5 Å². The lowest BCUT2D eigenvalue weighted by Crippen LogP contribution is -2.31. The molecule has 2 aromatic carbocycles. The molecule has 0 bridgehead atoms. The Morgan fingerprint density at radius 2 is 1.88 bits per heavy atom. The van der Waals surface area contributed by atoms with Crippen LogP contribution in [0.15, 0.2) is 91.7 Å². The molecule has 0 aliphatic carbocycles. The lowest BCUT2D eigenvalue weighted by Gasteiger charge is -2.20. The third-order valence-electron chi connectivity index (χ3n) is 5.42. The molecule has 0 N–H and O–H groups in total. The number of carbonyl (C=O) groups is 1. The Kier molecular flexibility index (Phi) is 5.40. The molecule has 1 amide bonds. The van der Waals surface area contributed by atoms with Gasteiger partial charge in [0, 0.05) is 23.9 Å². The minimum atomic E-state index is -0.450. The van der Waals surface area contributed by atoms with Crippen LogP contribution in [0.4, 0.5) is 0 Å². The summed E-state index contributed by atoms with van der Waals surface area (Å²) in [5.41, 5.74) is 1.60. The van der Waals surface area contributed by atoms with Crippen molar-refractivity contribution in [2.45, 2.75) is 12.5 Å². The number of carbonyl (C=O) groups excluding carboxylic acids is 1. The lowest BCUT2D eigenvalue weighted by atomic mass is 10.0. The summed E-state index contributed by atoms with van der Waals surface area (Å²) < 4.78 is 21.7. The average molecular weight is 444 g/mol. The van der Waals surface area contributed by atoms with E-state index in [1.165, 1.54) is 11.1 Å². The van der Waals surface area contributed by atoms with E-state index in [0.717, 1.165) is 22.4 Å². The van der Waals surface area contributed by atoms with Crippen LogP contribution >= 0.6 is 0 Å². The second-order valence-corrected chi connectivity index (χ2v) is 7.49. The summed E-state index contributed by atoms with van der Waals surface area (Å²) in [7, 11) is 1.61. The minimum Gasteiger partial charge on any atom is -0.497 e. The fraction of sp³-hybridized carbons (Fsp3) is 0.160. The molecule has 3 heterocycles. The van der Waals surface area contributed by atoms with Crippen molar-refractivity contribution in [2.75, 3.05) is 13.7 Å². The molecule has 0 saturated carbocycles. The van der Waals surface area contributed by atoms with Gasteiger partial charge >= 0.3 is 5.63 Å². The molecular weight excluding hydrogens is 424 g/mol. The second-order valence-electron chi connectivity index (χ2n) is 7.49. The van der Waals surface area contributed by atoms with Crippen LogP contribution in [0.2, 0.25) is 0 Å². The topological polar surface area (TPSA) is 94.5 Å². The van der Waals surface area contributed by atoms with Crippen molar-refractivity contribution in [3.05, 3.63) is 94.7 Å². The zero-order valence-corrected chi connectivity index (χ0v) is 17.8. The molecule has 8 nitrogen and oxygen atoms in total. The van der Waals surface area contributed by atoms with E-state index in [9.17, 15) is 9.59 Å². The first-order chi connectivity index (χ1) is 16.1. The highest BCUT2D eigenvalue weighted by molar-refractivity contribution is 6.03. The van der Waals surface area contributed by atoms with Crippen molar-refractivity contribution in [2.24, 2.45) is 5.10 Å². The first-order valence-corrected chi connectivity index (χ1v) is 10.3. The van der Waals surface area contributed by atoms with Crippen molar-refractivity contribution >= 4 is 22.6 Å². The molecule has 4 aromatic rings. The van der Waals surface area contributed by atoms with Gasteiger partial charge in [0.05, 0.1) is 19.1 Å². The highest BCUT2D eigenvalue weighted by Gasteiger charge is 2.35. The maximum atomic E-state index is 13.1. The van der Waals surface area contributed by atoms with Gasteiger partial charge in [-0.1, -0.05) is 0 Å². The monoisotopic (exact) mass is 444 g/mol. The first-order valence-electron chi connectivity index (χ1n) is 10.3. The van der Waals surface area contributed by atoms with Gasteiger partial charge < -0.3 is 18.3 Å². The standard InChI is InChI=1S/C25H20N2O6/c1-30-18-8-4-16(5-9-18)20-14-21(22-3-2-12-31-22)27(26-20)24(28)15-32-19-10-6-17-7-11-25(29)33-23(17)13-19/h2-13,21H,14-15H2,1H3. The number of methoxy groups -OCH3 is 1. The van der Waals surface area contributed by atoms with Gasteiger partial charge in [-0.25, -0.2) is 9.80 Å². The Balaban J connectivity index is 1.36. The molecule has 0 fully saturated rings. The second kappa shape index (κ2) is 8.66. The van der Waals surface area contributed by atoms with E-state index in [1.807, 2.05) is 30.3 Å². The van der Waals surface area contributed by atoms with E-state index >= 15 is 0 Å². The van der Waals surface area contributed by atoms with Crippen molar-refractivity contribution in [1.29, 1.82) is 0 Å². The summed E-state index contributed by atoms with van der Waals surface area (Å²) in [6, 6.07) is 18.8. The molecule has 5 rings (SSSR count). The first kappa shape index (κ1) is 20.6. The van der Waals surface area contributed by atoms with Crippen LogP contribution in [0.3, 0.4) is 0 Å². The molecule has 1 unspecified atom stereocenters. The number of rotatable bonds is 6. The molecule has 166 valence electrons. The van der Waals surface area contributed by atoms with Crippen molar-refractivity contribution in [1.82, 2.24) is 5.01 Å². The van der Waals surface area contributed by atoms with Crippen LogP contribution in [0.25, 0.3) is 11.0 Å². The maximum Gasteiger partial charge on any atom is 0.336 e. The maximum absolute atomic E-state index is 13.1. The number of benzene rings is 2. The minimum absolute atomic E-state index is 0.237. The van der Waals surface area contributed by atoms with Crippen molar-refractivity contribution in [3.8, 4) is 11.5 Å². The van der Waals surface area contributed by atoms with Crippen LogP contribution in [-0.2, 0) is 4.79 Å². The van der Waals surface area contributed by atoms with Crippen LogP contribution in [0.1, 0.15) is 23.8 Å². The van der Waals surface area contributed by atoms with E-state index in [-0.39, 0.29) is 18.6 Å². The zero-order chi connectivity index (χ0) is 22.8. The predicted molar refractivity (Wildman–Crippen MR) is 120 cm³/mol. The van der Waals surface area contributed by atoms with E-state index in [1.54, 1.807) is 43.7 Å². The number of ether oxygens (including phenoxy) is 2. The Morgan fingerprint density at radius 1 is 1.09 bits per heavy atom. The van der Waals surface area contributed by atoms with Crippen molar-refractivity contribution in [3.63, 3.8) is 0 Å². The number of hydrogen-bond donors (Lipinski definition) is 0. The predicted octanol–water partition coefficient (Wildman–Crippen LogP) is 4.15. The third kappa shape index (κ3) is 4.23. The van der Waals surface area contributed by atoms with Gasteiger partial charge in [0.2, 0.25) is 0 Å². The average Bonchev–Trinajstić information content (AvgIpc) is 3.52. The Bertz CT molecular complexity index is 1370. The van der Waals surface area contributed by atoms with Crippen molar-refractivity contribution < 1.29 is 23.1 Å². The van der Waals surface area contributed by atoms with E-state index in [4.69, 9.17) is 18.3 Å². The van der Waals surface area contributed by atoms with Crippen LogP contribution < -0.4 is 15.1 Å². The molecule has 8 heteroatoms. The molecule has 1 aliphatic heterocycles. The summed E-state index contributed by atoms with van der Waals surface area (Å²) in [6.07, 6.45) is 2.08. The smallest absolute Gasteiger partial charge is 0.336 e. The van der Waals surface area contributed by atoms with E-state index < -0.39 is 5.63 Å².